The number of hydroxylamine groups is 2. The number of benzene rings is 2. The van der Waals surface area contributed by atoms with Crippen LogP contribution >= 0.6 is 0 Å². The Morgan fingerprint density at radius 3 is 2.42 bits per heavy atom. The van der Waals surface area contributed by atoms with Crippen LogP contribution in [0.2, 0.25) is 0 Å². The van der Waals surface area contributed by atoms with Gasteiger partial charge in [0.2, 0.25) is 23.6 Å². The fourth-order valence-electron chi connectivity index (χ4n) is 6.08. The maximum Gasteiger partial charge on any atom is 0.257 e. The van der Waals surface area contributed by atoms with Crippen molar-refractivity contribution in [1.29, 1.82) is 0 Å². The number of piperidine rings is 1. The van der Waals surface area contributed by atoms with Gasteiger partial charge in [-0.25, -0.2) is 4.98 Å². The molecule has 0 radical (unpaired) electrons. The standard InChI is InChI=1S/C38H42N9O8/c1-22-27(38(53)47(54)28-13-14-31(49)45-37(28)52)7-6-8-29(22)55-21-33(51)42-16-5-4-15-41-32(50)20-43-36-35(44-30-19-40-17-18-46(30)36)26-11-9-25(10-12-26)34(23(2)39)24(3)48/h6-12,17-19,28,43H,4-5,13-16,20-21,39H2,1-3H3,(H,41,50)(H,42,51)(H,45,49,52)/q-1. The van der Waals surface area contributed by atoms with Crippen LogP contribution in [-0.4, -0.2) is 87.0 Å². The number of anilines is 1. The monoisotopic (exact) mass is 752 g/mol. The number of nitrogens with two attached hydrogens (primary N) is 1. The van der Waals surface area contributed by atoms with Crippen molar-refractivity contribution >= 4 is 52.4 Å². The molecule has 6 N–H and O–H groups in total. The molecule has 1 saturated heterocycles. The molecule has 1 fully saturated rings. The third-order valence-corrected chi connectivity index (χ3v) is 8.85. The second-order valence-corrected chi connectivity index (χ2v) is 12.9. The summed E-state index contributed by atoms with van der Waals surface area (Å²) in [5.41, 5.74) is 9.79. The first-order valence-corrected chi connectivity index (χ1v) is 17.6. The summed E-state index contributed by atoms with van der Waals surface area (Å²) in [6.07, 6.45) is 6.01. The minimum Gasteiger partial charge on any atom is -0.755 e. The first kappa shape index (κ1) is 39.6. The molecule has 1 aliphatic rings. The molecule has 1 unspecified atom stereocenters. The number of ketones is 1. The fraction of sp³-hybridized carbons (Fsp3) is 0.316. The zero-order valence-electron chi connectivity index (χ0n) is 30.6. The number of nitrogens with zero attached hydrogens (tertiary/aromatic N) is 4. The molecule has 5 amide bonds. The predicted molar refractivity (Wildman–Crippen MR) is 202 cm³/mol. The van der Waals surface area contributed by atoms with Crippen molar-refractivity contribution in [2.24, 2.45) is 5.73 Å². The number of imide groups is 1. The molecule has 0 bridgehead atoms. The van der Waals surface area contributed by atoms with Gasteiger partial charge in [-0.1, -0.05) is 30.3 Å². The summed E-state index contributed by atoms with van der Waals surface area (Å²) in [6.45, 7) is 5.04. The number of nitrogens with one attached hydrogen (secondary N) is 4. The SMILES string of the molecule is CC(=O)C(=C(C)N)c1ccc(-c2nc3cnccn3c2NCC(=O)NCCCCNC(=O)COc2cccc(C(=O)N([O-])C3CCC(=O)NC3=O)c2C)cc1. The second-order valence-electron chi connectivity index (χ2n) is 12.9. The number of allylic oxidation sites excluding steroid dienone is 2. The summed E-state index contributed by atoms with van der Waals surface area (Å²) in [5, 5.41) is 23.6. The van der Waals surface area contributed by atoms with Gasteiger partial charge in [0.05, 0.1) is 12.7 Å². The van der Waals surface area contributed by atoms with Gasteiger partial charge >= 0.3 is 0 Å². The van der Waals surface area contributed by atoms with Crippen molar-refractivity contribution in [3.63, 3.8) is 0 Å². The second kappa shape index (κ2) is 17.9. The lowest BCUT2D eigenvalue weighted by Gasteiger charge is -2.37. The van der Waals surface area contributed by atoms with Crippen molar-refractivity contribution in [2.75, 3.05) is 31.6 Å². The van der Waals surface area contributed by atoms with Crippen LogP contribution in [0.25, 0.3) is 22.5 Å². The van der Waals surface area contributed by atoms with Crippen molar-refractivity contribution in [1.82, 2.24) is 35.4 Å². The highest BCUT2D eigenvalue weighted by molar-refractivity contribution is 6.20. The third-order valence-electron chi connectivity index (χ3n) is 8.85. The Labute approximate surface area is 316 Å². The van der Waals surface area contributed by atoms with E-state index in [2.05, 4.69) is 26.3 Å². The molecule has 1 atom stereocenters. The van der Waals surface area contributed by atoms with E-state index < -0.39 is 29.7 Å². The van der Waals surface area contributed by atoms with Gasteiger partial charge in [0.15, 0.2) is 18.0 Å². The highest BCUT2D eigenvalue weighted by Crippen LogP contribution is 2.30. The number of Topliss-reactive ketones (excluding diaryl/α,β-unsaturated/α-hetero) is 1. The summed E-state index contributed by atoms with van der Waals surface area (Å²) in [7, 11) is 0. The number of imidazole rings is 1. The van der Waals surface area contributed by atoms with Gasteiger partial charge in [0.1, 0.15) is 23.3 Å². The molecule has 288 valence electrons. The highest BCUT2D eigenvalue weighted by Gasteiger charge is 2.31. The van der Waals surface area contributed by atoms with Gasteiger partial charge in [-0.15, -0.1) is 0 Å². The average molecular weight is 753 g/mol. The van der Waals surface area contributed by atoms with Gasteiger partial charge in [0.25, 0.3) is 5.91 Å². The van der Waals surface area contributed by atoms with Crippen molar-refractivity contribution in [2.45, 2.75) is 52.5 Å². The number of fused-ring (bicyclic) bond motifs is 1. The molecule has 2 aromatic carbocycles. The Morgan fingerprint density at radius 1 is 1.04 bits per heavy atom. The smallest absolute Gasteiger partial charge is 0.257 e. The molecule has 0 saturated carbocycles. The van der Waals surface area contributed by atoms with Crippen molar-refractivity contribution in [3.8, 4) is 17.0 Å². The van der Waals surface area contributed by atoms with Crippen LogP contribution in [0.4, 0.5) is 5.82 Å². The number of aromatic nitrogens is 3. The molecule has 55 heavy (non-hydrogen) atoms. The van der Waals surface area contributed by atoms with Crippen molar-refractivity contribution in [3.05, 3.63) is 88.6 Å². The molecule has 4 aromatic rings. The topological polar surface area (TPSA) is 242 Å². The van der Waals surface area contributed by atoms with Gasteiger partial charge in [0, 0.05) is 59.9 Å². The number of ether oxygens (including phenoxy) is 1. The van der Waals surface area contributed by atoms with Crippen LogP contribution in [0.1, 0.15) is 61.0 Å². The minimum atomic E-state index is -1.32. The summed E-state index contributed by atoms with van der Waals surface area (Å²) >= 11 is 0. The van der Waals surface area contributed by atoms with Crippen LogP contribution in [-0.2, 0) is 24.0 Å². The Morgan fingerprint density at radius 2 is 1.75 bits per heavy atom. The number of hydrogen-bond acceptors (Lipinski definition) is 12. The molecule has 17 heteroatoms. The summed E-state index contributed by atoms with van der Waals surface area (Å²) < 4.78 is 7.41. The van der Waals surface area contributed by atoms with Crippen molar-refractivity contribution < 1.29 is 33.5 Å². The quantitative estimate of drug-likeness (QED) is 0.0479. The maximum absolute atomic E-state index is 12.9. The van der Waals surface area contributed by atoms with E-state index in [-0.39, 0.29) is 54.1 Å². The first-order valence-electron chi connectivity index (χ1n) is 17.6. The molecule has 3 heterocycles. The van der Waals surface area contributed by atoms with E-state index in [1.807, 2.05) is 12.1 Å². The zero-order chi connectivity index (χ0) is 39.6. The van der Waals surface area contributed by atoms with Gasteiger partial charge in [-0.3, -0.25) is 43.5 Å². The molecule has 2 aromatic heterocycles. The van der Waals surface area contributed by atoms with E-state index >= 15 is 0 Å². The molecule has 0 aliphatic carbocycles. The van der Waals surface area contributed by atoms with Gasteiger partial charge in [-0.05, 0) is 57.7 Å². The molecule has 1 aliphatic heterocycles. The van der Waals surface area contributed by atoms with Gasteiger partial charge < -0.3 is 36.7 Å². The summed E-state index contributed by atoms with van der Waals surface area (Å²) in [6, 6.07) is 10.4. The first-order chi connectivity index (χ1) is 26.3. The van der Waals surface area contributed by atoms with Crippen LogP contribution in [0, 0.1) is 12.1 Å². The number of hydrogen-bond donors (Lipinski definition) is 5. The summed E-state index contributed by atoms with van der Waals surface area (Å²) in [5.74, 6) is -2.25. The van der Waals surface area contributed by atoms with E-state index in [9.17, 15) is 34.0 Å². The lowest BCUT2D eigenvalue weighted by molar-refractivity contribution is -0.136. The van der Waals surface area contributed by atoms with E-state index in [0.29, 0.717) is 65.5 Å². The van der Waals surface area contributed by atoms with E-state index in [1.165, 1.54) is 19.1 Å². The lowest BCUT2D eigenvalue weighted by atomic mass is 9.99. The normalized spacial score (nSPS) is 14.4. The average Bonchev–Trinajstić information content (AvgIpc) is 3.53. The number of amides is 5. The molecular weight excluding hydrogens is 710 g/mol. The Hall–Kier alpha value is -6.62. The zero-order valence-corrected chi connectivity index (χ0v) is 30.6. The molecular formula is C38H42N9O8-. The molecule has 5 rings (SSSR count). The third kappa shape index (κ3) is 9.68. The highest BCUT2D eigenvalue weighted by atomic mass is 16.5. The maximum atomic E-state index is 12.9. The number of carbonyl (C=O) groups excluding carboxylic acids is 6. The van der Waals surface area contributed by atoms with Gasteiger partial charge in [-0.2, -0.15) is 0 Å². The fourth-order valence-corrected chi connectivity index (χ4v) is 6.08. The number of carbonyl (C=O) groups is 6. The minimum absolute atomic E-state index is 0.0116. The van der Waals surface area contributed by atoms with Crippen LogP contribution in [0.3, 0.4) is 0 Å². The van der Waals surface area contributed by atoms with Crippen LogP contribution < -0.4 is 31.7 Å². The largest absolute Gasteiger partial charge is 0.755 e. The lowest BCUT2D eigenvalue weighted by Crippen LogP contribution is -2.52. The summed E-state index contributed by atoms with van der Waals surface area (Å²) in [4.78, 5) is 82.5. The number of rotatable bonds is 16. The van der Waals surface area contributed by atoms with E-state index in [0.717, 1.165) is 5.56 Å². The Balaban J connectivity index is 1.05. The van der Waals surface area contributed by atoms with E-state index in [1.54, 1.807) is 55.0 Å². The Bertz CT molecular complexity index is 2140. The molecule has 17 nitrogen and oxygen atoms in total. The van der Waals surface area contributed by atoms with Crippen LogP contribution in [0.15, 0.2) is 66.8 Å². The predicted octanol–water partition coefficient (Wildman–Crippen LogP) is 2.23. The van der Waals surface area contributed by atoms with Crippen LogP contribution in [0.5, 0.6) is 5.75 Å². The number of unbranched alkanes of at least 4 members (excludes halogenated alkanes) is 1. The molecule has 0 spiro atoms. The Kier molecular flexibility index (Phi) is 12.9. The van der Waals surface area contributed by atoms with E-state index in [4.69, 9.17) is 15.5 Å².